The largest absolute Gasteiger partial charge is 0.322 e. The van der Waals surface area contributed by atoms with E-state index >= 15 is 0 Å². The Hall–Kier alpha value is -4.46. The average molecular weight is 562 g/mol. The van der Waals surface area contributed by atoms with Crippen molar-refractivity contribution in [3.63, 3.8) is 0 Å². The lowest BCUT2D eigenvalue weighted by Crippen LogP contribution is -2.19. The van der Waals surface area contributed by atoms with E-state index in [1.165, 1.54) is 29.2 Å². The van der Waals surface area contributed by atoms with Gasteiger partial charge in [-0.1, -0.05) is 97.1 Å². The van der Waals surface area contributed by atoms with Gasteiger partial charge in [-0.2, -0.15) is 0 Å². The Morgan fingerprint density at radius 2 is 1.50 bits per heavy atom. The number of thiazole rings is 1. The monoisotopic (exact) mass is 561 g/mol. The van der Waals surface area contributed by atoms with E-state index in [0.717, 1.165) is 32.2 Å². The molecule has 0 bridgehead atoms. The molecule has 2 N–H and O–H groups in total. The fourth-order valence-electron chi connectivity index (χ4n) is 4.09. The lowest BCUT2D eigenvalue weighted by atomic mass is 10.1. The SMILES string of the molecule is Cc1sc(NC(=O)C(Sc2cccc(NC(=O)/C=C/c3ccccc3)c2)c2ccccc2)nc1-c1ccccc1. The molecule has 4 aromatic carbocycles. The number of benzene rings is 4. The summed E-state index contributed by atoms with van der Waals surface area (Å²) in [5.74, 6) is -0.387. The van der Waals surface area contributed by atoms with Crippen molar-refractivity contribution in [2.45, 2.75) is 17.1 Å². The van der Waals surface area contributed by atoms with Crippen LogP contribution in [0.4, 0.5) is 10.8 Å². The summed E-state index contributed by atoms with van der Waals surface area (Å²) >= 11 is 2.89. The molecule has 5 rings (SSSR count). The van der Waals surface area contributed by atoms with E-state index < -0.39 is 5.25 Å². The van der Waals surface area contributed by atoms with Crippen molar-refractivity contribution in [1.82, 2.24) is 4.98 Å². The van der Waals surface area contributed by atoms with E-state index in [0.29, 0.717) is 10.8 Å². The van der Waals surface area contributed by atoms with Crippen LogP contribution in [0.5, 0.6) is 0 Å². The molecule has 1 unspecified atom stereocenters. The average Bonchev–Trinajstić information content (AvgIpc) is 3.36. The molecule has 7 heteroatoms. The first kappa shape index (κ1) is 27.1. The van der Waals surface area contributed by atoms with Gasteiger partial charge in [-0.05, 0) is 42.3 Å². The lowest BCUT2D eigenvalue weighted by molar-refractivity contribution is -0.116. The molecule has 1 heterocycles. The Bertz CT molecular complexity index is 1620. The van der Waals surface area contributed by atoms with Crippen LogP contribution in [0.1, 0.15) is 21.3 Å². The van der Waals surface area contributed by atoms with Crippen molar-refractivity contribution in [3.05, 3.63) is 137 Å². The Morgan fingerprint density at radius 1 is 0.825 bits per heavy atom. The molecule has 0 radical (unpaired) electrons. The quantitative estimate of drug-likeness (QED) is 0.140. The molecule has 198 valence electrons. The highest BCUT2D eigenvalue weighted by Crippen LogP contribution is 2.38. The first-order valence-corrected chi connectivity index (χ1v) is 14.4. The van der Waals surface area contributed by atoms with Crippen LogP contribution in [0.25, 0.3) is 17.3 Å². The zero-order valence-corrected chi connectivity index (χ0v) is 23.4. The summed E-state index contributed by atoms with van der Waals surface area (Å²) in [4.78, 5) is 32.7. The second-order valence-electron chi connectivity index (χ2n) is 8.95. The number of amides is 2. The van der Waals surface area contributed by atoms with Gasteiger partial charge in [-0.25, -0.2) is 4.98 Å². The number of carbonyl (C=O) groups excluding carboxylic acids is 2. The third-order valence-electron chi connectivity index (χ3n) is 6.00. The van der Waals surface area contributed by atoms with Crippen LogP contribution in [0, 0.1) is 6.92 Å². The topological polar surface area (TPSA) is 71.1 Å². The number of nitrogens with one attached hydrogen (secondary N) is 2. The number of hydrogen-bond acceptors (Lipinski definition) is 5. The van der Waals surface area contributed by atoms with Gasteiger partial charge in [0, 0.05) is 27.1 Å². The molecular weight excluding hydrogens is 535 g/mol. The minimum atomic E-state index is -0.519. The highest BCUT2D eigenvalue weighted by molar-refractivity contribution is 8.00. The molecule has 0 fully saturated rings. The Morgan fingerprint density at radius 3 is 2.23 bits per heavy atom. The van der Waals surface area contributed by atoms with E-state index in [4.69, 9.17) is 4.98 Å². The van der Waals surface area contributed by atoms with E-state index in [1.807, 2.05) is 122 Å². The summed E-state index contributed by atoms with van der Waals surface area (Å²) in [6, 6.07) is 36.8. The minimum Gasteiger partial charge on any atom is -0.322 e. The fraction of sp³-hybridized carbons (Fsp3) is 0.0606. The lowest BCUT2D eigenvalue weighted by Gasteiger charge is -2.17. The Balaban J connectivity index is 1.32. The molecule has 1 atom stereocenters. The van der Waals surface area contributed by atoms with Gasteiger partial charge < -0.3 is 10.6 Å². The summed E-state index contributed by atoms with van der Waals surface area (Å²) in [6.45, 7) is 2.01. The number of thioether (sulfide) groups is 1. The number of nitrogens with zero attached hydrogens (tertiary/aromatic N) is 1. The van der Waals surface area contributed by atoms with Crippen LogP contribution in [-0.4, -0.2) is 16.8 Å². The molecule has 0 saturated heterocycles. The van der Waals surface area contributed by atoms with Crippen molar-refractivity contribution in [2.24, 2.45) is 0 Å². The summed E-state index contributed by atoms with van der Waals surface area (Å²) in [6.07, 6.45) is 3.28. The predicted molar refractivity (Wildman–Crippen MR) is 167 cm³/mol. The summed E-state index contributed by atoms with van der Waals surface area (Å²) < 4.78 is 0. The Kier molecular flexibility index (Phi) is 8.86. The van der Waals surface area contributed by atoms with Gasteiger partial charge in [-0.3, -0.25) is 9.59 Å². The van der Waals surface area contributed by atoms with Crippen LogP contribution >= 0.6 is 23.1 Å². The smallest absolute Gasteiger partial charge is 0.248 e. The fourth-order valence-corrected chi connectivity index (χ4v) is 6.01. The second kappa shape index (κ2) is 13.1. The predicted octanol–water partition coefficient (Wildman–Crippen LogP) is 8.24. The normalized spacial score (nSPS) is 11.7. The highest BCUT2D eigenvalue weighted by atomic mass is 32.2. The molecule has 2 amide bonds. The molecule has 5 nitrogen and oxygen atoms in total. The molecule has 1 aromatic heterocycles. The molecule has 0 aliphatic rings. The van der Waals surface area contributed by atoms with E-state index in [9.17, 15) is 9.59 Å². The van der Waals surface area contributed by atoms with E-state index in [2.05, 4.69) is 10.6 Å². The number of aromatic nitrogens is 1. The van der Waals surface area contributed by atoms with E-state index in [-0.39, 0.29) is 11.8 Å². The Labute approximate surface area is 242 Å². The molecule has 40 heavy (non-hydrogen) atoms. The van der Waals surface area contributed by atoms with Gasteiger partial charge in [0.25, 0.3) is 0 Å². The van der Waals surface area contributed by atoms with Crippen LogP contribution in [0.3, 0.4) is 0 Å². The van der Waals surface area contributed by atoms with Crippen molar-refractivity contribution in [3.8, 4) is 11.3 Å². The van der Waals surface area contributed by atoms with Gasteiger partial charge in [0.15, 0.2) is 5.13 Å². The molecule has 5 aromatic rings. The third-order valence-corrected chi connectivity index (χ3v) is 8.13. The standard InChI is InChI=1S/C33H27N3O2S2/c1-23-30(25-14-7-3-8-15-25)35-33(39-23)36-32(38)31(26-16-9-4-10-17-26)40-28-19-11-18-27(22-28)34-29(37)21-20-24-12-5-2-6-13-24/h2-22,31H,1H3,(H,34,37)(H,35,36,38)/b21-20+. The van der Waals surface area contributed by atoms with Crippen molar-refractivity contribution < 1.29 is 9.59 Å². The van der Waals surface area contributed by atoms with Gasteiger partial charge in [-0.15, -0.1) is 23.1 Å². The highest BCUT2D eigenvalue weighted by Gasteiger charge is 2.24. The molecule has 0 aliphatic carbocycles. The van der Waals surface area contributed by atoms with Crippen LogP contribution < -0.4 is 10.6 Å². The number of hydrogen-bond donors (Lipinski definition) is 2. The van der Waals surface area contributed by atoms with Crippen LogP contribution in [0.15, 0.2) is 126 Å². The maximum atomic E-state index is 13.6. The first-order valence-electron chi connectivity index (χ1n) is 12.7. The van der Waals surface area contributed by atoms with E-state index in [1.54, 1.807) is 6.08 Å². The van der Waals surface area contributed by atoms with Gasteiger partial charge in [0.1, 0.15) is 5.25 Å². The number of aryl methyl sites for hydroxylation is 1. The van der Waals surface area contributed by atoms with Crippen molar-refractivity contribution >= 4 is 51.8 Å². The molecular formula is C33H27N3O2S2. The molecule has 0 spiro atoms. The summed E-state index contributed by atoms with van der Waals surface area (Å²) in [5.41, 5.74) is 4.37. The van der Waals surface area contributed by atoms with Crippen LogP contribution in [0.2, 0.25) is 0 Å². The third kappa shape index (κ3) is 7.14. The maximum absolute atomic E-state index is 13.6. The second-order valence-corrected chi connectivity index (χ2v) is 11.3. The van der Waals surface area contributed by atoms with Gasteiger partial charge >= 0.3 is 0 Å². The number of anilines is 2. The zero-order chi connectivity index (χ0) is 27.7. The van der Waals surface area contributed by atoms with Crippen molar-refractivity contribution in [1.29, 1.82) is 0 Å². The minimum absolute atomic E-state index is 0.162. The number of rotatable bonds is 9. The first-order chi connectivity index (χ1) is 19.5. The van der Waals surface area contributed by atoms with Gasteiger partial charge in [0.05, 0.1) is 5.69 Å². The van der Waals surface area contributed by atoms with Gasteiger partial charge in [0.2, 0.25) is 11.8 Å². The summed E-state index contributed by atoms with van der Waals surface area (Å²) in [7, 11) is 0. The van der Waals surface area contributed by atoms with Crippen molar-refractivity contribution in [2.75, 3.05) is 10.6 Å². The zero-order valence-electron chi connectivity index (χ0n) is 21.8. The van der Waals surface area contributed by atoms with Crippen LogP contribution in [-0.2, 0) is 9.59 Å². The molecule has 0 aliphatic heterocycles. The number of carbonyl (C=O) groups is 2. The summed E-state index contributed by atoms with van der Waals surface area (Å²) in [5, 5.41) is 6.00. The maximum Gasteiger partial charge on any atom is 0.248 e. The molecule has 0 saturated carbocycles.